The zero-order valence-electron chi connectivity index (χ0n) is 10.1. The number of benzene rings is 1. The Bertz CT molecular complexity index is 519. The van der Waals surface area contributed by atoms with Gasteiger partial charge in [-0.05, 0) is 43.9 Å². The van der Waals surface area contributed by atoms with E-state index in [-0.39, 0.29) is 23.7 Å². The van der Waals surface area contributed by atoms with E-state index >= 15 is 0 Å². The molecular weight excluding hydrogens is 294 g/mol. The molecule has 94 valence electrons. The lowest BCUT2D eigenvalue weighted by Crippen LogP contribution is -2.46. The summed E-state index contributed by atoms with van der Waals surface area (Å²) in [6.45, 7) is 1.93. The number of piperidine rings is 1. The Balaban J connectivity index is 2.08. The van der Waals surface area contributed by atoms with Crippen molar-refractivity contribution in [2.45, 2.75) is 26.2 Å². The molecule has 1 aliphatic carbocycles. The zero-order valence-corrected chi connectivity index (χ0v) is 11.7. The second-order valence-electron chi connectivity index (χ2n) is 5.10. The van der Waals surface area contributed by atoms with Crippen molar-refractivity contribution in [2.75, 3.05) is 4.90 Å². The molecule has 3 rings (SSSR count). The molecule has 2 bridgehead atoms. The number of carbonyl (C=O) groups excluding carboxylic acids is 2. The minimum atomic E-state index is -0.0186. The Morgan fingerprint density at radius 3 is 2.39 bits per heavy atom. The Morgan fingerprint density at radius 1 is 1.17 bits per heavy atom. The number of anilines is 1. The van der Waals surface area contributed by atoms with Crippen molar-refractivity contribution in [3.05, 3.63) is 28.2 Å². The summed E-state index contributed by atoms with van der Waals surface area (Å²) in [6.07, 6.45) is 2.47. The van der Waals surface area contributed by atoms with Gasteiger partial charge >= 0.3 is 0 Å². The normalized spacial score (nSPS) is 26.9. The van der Waals surface area contributed by atoms with Crippen LogP contribution in [-0.4, -0.2) is 11.8 Å². The van der Waals surface area contributed by atoms with Crippen molar-refractivity contribution in [2.24, 2.45) is 11.8 Å². The fourth-order valence-corrected chi connectivity index (χ4v) is 3.34. The van der Waals surface area contributed by atoms with Gasteiger partial charge in [0.15, 0.2) is 0 Å². The molecule has 1 heterocycles. The Kier molecular flexibility index (Phi) is 2.77. The van der Waals surface area contributed by atoms with Crippen LogP contribution in [0.15, 0.2) is 22.7 Å². The van der Waals surface area contributed by atoms with Gasteiger partial charge in [-0.1, -0.05) is 22.0 Å². The fraction of sp³-hybridized carbons (Fsp3) is 0.429. The van der Waals surface area contributed by atoms with Crippen molar-refractivity contribution >= 4 is 33.4 Å². The van der Waals surface area contributed by atoms with E-state index in [9.17, 15) is 9.59 Å². The second kappa shape index (κ2) is 4.19. The molecule has 1 saturated carbocycles. The molecule has 18 heavy (non-hydrogen) atoms. The molecule has 1 saturated heterocycles. The summed E-state index contributed by atoms with van der Waals surface area (Å²) in [5.41, 5.74) is 1.68. The highest BCUT2D eigenvalue weighted by Gasteiger charge is 2.46. The molecule has 3 nitrogen and oxygen atoms in total. The molecule has 1 aliphatic heterocycles. The molecule has 1 aromatic carbocycles. The quantitative estimate of drug-likeness (QED) is 0.748. The SMILES string of the molecule is Cc1c(Br)cccc1N1C(=O)C2CCC(C2)C1=O. The van der Waals surface area contributed by atoms with E-state index in [1.807, 2.05) is 25.1 Å². The van der Waals surface area contributed by atoms with Crippen LogP contribution in [-0.2, 0) is 9.59 Å². The zero-order chi connectivity index (χ0) is 12.9. The van der Waals surface area contributed by atoms with E-state index in [1.54, 1.807) is 0 Å². The molecule has 0 N–H and O–H groups in total. The average Bonchev–Trinajstić information content (AvgIpc) is 2.79. The summed E-state index contributed by atoms with van der Waals surface area (Å²) in [4.78, 5) is 26.1. The molecular formula is C14H14BrNO2. The number of halogens is 1. The Labute approximate surface area is 114 Å². The monoisotopic (exact) mass is 307 g/mol. The van der Waals surface area contributed by atoms with Crippen LogP contribution in [0.1, 0.15) is 24.8 Å². The van der Waals surface area contributed by atoms with Crippen LogP contribution in [0, 0.1) is 18.8 Å². The van der Waals surface area contributed by atoms with E-state index in [0.717, 1.165) is 35.0 Å². The van der Waals surface area contributed by atoms with Crippen LogP contribution in [0.4, 0.5) is 5.69 Å². The number of amides is 2. The van der Waals surface area contributed by atoms with Crippen LogP contribution in [0.25, 0.3) is 0 Å². The first-order chi connectivity index (χ1) is 8.59. The van der Waals surface area contributed by atoms with Crippen LogP contribution in [0.5, 0.6) is 0 Å². The third-order valence-electron chi connectivity index (χ3n) is 4.05. The molecule has 0 aromatic heterocycles. The third-order valence-corrected chi connectivity index (χ3v) is 4.91. The van der Waals surface area contributed by atoms with Crippen molar-refractivity contribution < 1.29 is 9.59 Å². The fourth-order valence-electron chi connectivity index (χ4n) is 2.98. The Morgan fingerprint density at radius 2 is 1.78 bits per heavy atom. The molecule has 1 aromatic rings. The largest absolute Gasteiger partial charge is 0.274 e. The number of hydrogen-bond acceptors (Lipinski definition) is 2. The first-order valence-corrected chi connectivity index (χ1v) is 7.02. The highest BCUT2D eigenvalue weighted by atomic mass is 79.9. The summed E-state index contributed by atoms with van der Waals surface area (Å²) in [5.74, 6) is 0.0575. The predicted molar refractivity (Wildman–Crippen MR) is 72.2 cm³/mol. The summed E-state index contributed by atoms with van der Waals surface area (Å²) in [5, 5.41) is 0. The molecule has 4 heteroatoms. The second-order valence-corrected chi connectivity index (χ2v) is 5.96. The first-order valence-electron chi connectivity index (χ1n) is 6.22. The van der Waals surface area contributed by atoms with E-state index < -0.39 is 0 Å². The van der Waals surface area contributed by atoms with Gasteiger partial charge in [-0.15, -0.1) is 0 Å². The number of carbonyl (C=O) groups is 2. The van der Waals surface area contributed by atoms with Gasteiger partial charge < -0.3 is 0 Å². The lowest BCUT2D eigenvalue weighted by molar-refractivity contribution is -0.133. The minimum Gasteiger partial charge on any atom is -0.274 e. The summed E-state index contributed by atoms with van der Waals surface area (Å²) in [6, 6.07) is 5.64. The van der Waals surface area contributed by atoms with Gasteiger partial charge in [-0.2, -0.15) is 0 Å². The van der Waals surface area contributed by atoms with Crippen molar-refractivity contribution in [3.63, 3.8) is 0 Å². The standard InChI is InChI=1S/C14H14BrNO2/c1-8-11(15)3-2-4-12(8)16-13(17)9-5-6-10(7-9)14(16)18/h2-4,9-10H,5-7H2,1H3. The van der Waals surface area contributed by atoms with Gasteiger partial charge in [-0.3, -0.25) is 9.59 Å². The van der Waals surface area contributed by atoms with Gasteiger partial charge in [0.05, 0.1) is 5.69 Å². The first kappa shape index (κ1) is 11.9. The van der Waals surface area contributed by atoms with Crippen LogP contribution >= 0.6 is 15.9 Å². The molecule has 0 radical (unpaired) electrons. The average molecular weight is 308 g/mol. The van der Waals surface area contributed by atoms with Gasteiger partial charge in [0.2, 0.25) is 11.8 Å². The van der Waals surface area contributed by atoms with E-state index in [2.05, 4.69) is 15.9 Å². The lowest BCUT2D eigenvalue weighted by Gasteiger charge is -2.30. The van der Waals surface area contributed by atoms with Gasteiger partial charge in [0.1, 0.15) is 0 Å². The van der Waals surface area contributed by atoms with Crippen LogP contribution in [0.2, 0.25) is 0 Å². The van der Waals surface area contributed by atoms with Crippen molar-refractivity contribution in [3.8, 4) is 0 Å². The van der Waals surface area contributed by atoms with Gasteiger partial charge in [0.25, 0.3) is 0 Å². The molecule has 2 unspecified atom stereocenters. The molecule has 2 aliphatic rings. The number of imide groups is 1. The van der Waals surface area contributed by atoms with E-state index in [4.69, 9.17) is 0 Å². The number of fused-ring (bicyclic) bond motifs is 2. The highest BCUT2D eigenvalue weighted by Crippen LogP contribution is 2.41. The summed E-state index contributed by atoms with van der Waals surface area (Å²) >= 11 is 3.45. The maximum Gasteiger partial charge on any atom is 0.236 e. The van der Waals surface area contributed by atoms with Crippen molar-refractivity contribution in [1.29, 1.82) is 0 Å². The molecule has 0 spiro atoms. The highest BCUT2D eigenvalue weighted by molar-refractivity contribution is 9.10. The van der Waals surface area contributed by atoms with E-state index in [1.165, 1.54) is 4.90 Å². The molecule has 2 atom stereocenters. The molecule has 2 fully saturated rings. The van der Waals surface area contributed by atoms with Crippen LogP contribution in [0.3, 0.4) is 0 Å². The molecule has 2 amide bonds. The van der Waals surface area contributed by atoms with Crippen LogP contribution < -0.4 is 4.90 Å². The number of hydrogen-bond donors (Lipinski definition) is 0. The van der Waals surface area contributed by atoms with Crippen molar-refractivity contribution in [1.82, 2.24) is 0 Å². The minimum absolute atomic E-state index is 0.0186. The Hall–Kier alpha value is -1.16. The maximum atomic E-state index is 12.3. The maximum absolute atomic E-state index is 12.3. The number of rotatable bonds is 1. The third kappa shape index (κ3) is 1.62. The smallest absolute Gasteiger partial charge is 0.236 e. The summed E-state index contributed by atoms with van der Waals surface area (Å²) in [7, 11) is 0. The van der Waals surface area contributed by atoms with Gasteiger partial charge in [0, 0.05) is 16.3 Å². The predicted octanol–water partition coefficient (Wildman–Crippen LogP) is 3.05. The van der Waals surface area contributed by atoms with Gasteiger partial charge in [-0.25, -0.2) is 4.90 Å². The van der Waals surface area contributed by atoms with E-state index in [0.29, 0.717) is 0 Å². The summed E-state index contributed by atoms with van der Waals surface area (Å²) < 4.78 is 0.929. The topological polar surface area (TPSA) is 37.4 Å². The lowest BCUT2D eigenvalue weighted by atomic mass is 9.96. The number of nitrogens with zero attached hydrogens (tertiary/aromatic N) is 1.